The largest absolute Gasteiger partial charge is 0.390 e. The van der Waals surface area contributed by atoms with Gasteiger partial charge in [0.15, 0.2) is 0 Å². The summed E-state index contributed by atoms with van der Waals surface area (Å²) in [6.45, 7) is 5.25. The molecule has 0 heterocycles. The third kappa shape index (κ3) is 8.17. The molecule has 0 saturated carbocycles. The topological polar surface area (TPSA) is 29.5 Å². The van der Waals surface area contributed by atoms with Gasteiger partial charge in [-0.2, -0.15) is 11.8 Å². The minimum Gasteiger partial charge on any atom is -0.390 e. The number of aliphatic hydroxyl groups is 1. The number of hydrogen-bond donors (Lipinski definition) is 1. The van der Waals surface area contributed by atoms with Gasteiger partial charge >= 0.3 is 0 Å². The fourth-order valence-electron chi connectivity index (χ4n) is 0.666. The molecule has 0 aliphatic carbocycles. The van der Waals surface area contributed by atoms with Gasteiger partial charge in [0.05, 0.1) is 12.7 Å². The zero-order chi connectivity index (χ0) is 8.53. The van der Waals surface area contributed by atoms with E-state index in [1.165, 1.54) is 6.42 Å². The Hall–Kier alpha value is 0.270. The van der Waals surface area contributed by atoms with E-state index in [4.69, 9.17) is 4.74 Å². The van der Waals surface area contributed by atoms with Gasteiger partial charge in [0.25, 0.3) is 0 Å². The molecule has 68 valence electrons. The van der Waals surface area contributed by atoms with E-state index >= 15 is 0 Å². The molecule has 0 aromatic rings. The second-order valence-electron chi connectivity index (χ2n) is 2.39. The minimum absolute atomic E-state index is 0.286. The van der Waals surface area contributed by atoms with Crippen LogP contribution in [0.3, 0.4) is 0 Å². The molecule has 1 unspecified atom stereocenters. The first kappa shape index (κ1) is 11.3. The molecule has 3 heteroatoms. The van der Waals surface area contributed by atoms with E-state index in [2.05, 4.69) is 6.92 Å². The molecule has 0 bridgehead atoms. The van der Waals surface area contributed by atoms with Crippen LogP contribution in [0, 0.1) is 0 Å². The van der Waals surface area contributed by atoms with E-state index in [-0.39, 0.29) is 6.10 Å². The Kier molecular flexibility index (Phi) is 8.57. The monoisotopic (exact) mass is 178 g/mol. The van der Waals surface area contributed by atoms with E-state index in [1.807, 2.05) is 6.92 Å². The van der Waals surface area contributed by atoms with Crippen LogP contribution in [-0.2, 0) is 4.74 Å². The summed E-state index contributed by atoms with van der Waals surface area (Å²) in [6.07, 6.45) is 0.887. The number of ether oxygens (including phenoxy) is 1. The Balaban J connectivity index is 3.02. The van der Waals surface area contributed by atoms with Crippen molar-refractivity contribution in [3.8, 4) is 0 Å². The number of aliphatic hydroxyl groups excluding tert-OH is 1. The van der Waals surface area contributed by atoms with Gasteiger partial charge in [-0.3, -0.25) is 0 Å². The first-order valence-corrected chi connectivity index (χ1v) is 5.30. The zero-order valence-electron chi connectivity index (χ0n) is 7.38. The quantitative estimate of drug-likeness (QED) is 0.599. The van der Waals surface area contributed by atoms with E-state index in [9.17, 15) is 5.11 Å². The maximum Gasteiger partial charge on any atom is 0.0863 e. The standard InChI is InChI=1S/C8H18O2S/c1-3-5-11-7-8(9)6-10-4-2/h8-9H,3-7H2,1-2H3. The summed E-state index contributed by atoms with van der Waals surface area (Å²) < 4.78 is 5.06. The molecule has 0 rings (SSSR count). The van der Waals surface area contributed by atoms with Gasteiger partial charge in [0.1, 0.15) is 0 Å². The summed E-state index contributed by atoms with van der Waals surface area (Å²) in [5, 5.41) is 9.26. The smallest absolute Gasteiger partial charge is 0.0863 e. The van der Waals surface area contributed by atoms with Crippen molar-refractivity contribution in [2.45, 2.75) is 26.4 Å². The van der Waals surface area contributed by atoms with Crippen LogP contribution in [0.15, 0.2) is 0 Å². The summed E-state index contributed by atoms with van der Waals surface area (Å²) in [6, 6.07) is 0. The first-order valence-electron chi connectivity index (χ1n) is 4.14. The molecule has 11 heavy (non-hydrogen) atoms. The van der Waals surface area contributed by atoms with Crippen LogP contribution in [0.1, 0.15) is 20.3 Å². The van der Waals surface area contributed by atoms with Crippen molar-refractivity contribution in [1.29, 1.82) is 0 Å². The Bertz CT molecular complexity index is 78.5. The highest BCUT2D eigenvalue weighted by Crippen LogP contribution is 2.04. The van der Waals surface area contributed by atoms with Crippen LogP contribution in [0.4, 0.5) is 0 Å². The van der Waals surface area contributed by atoms with Gasteiger partial charge in [-0.1, -0.05) is 6.92 Å². The summed E-state index contributed by atoms with van der Waals surface area (Å²) in [5.41, 5.74) is 0. The van der Waals surface area contributed by atoms with Crippen LogP contribution in [-0.4, -0.2) is 35.9 Å². The predicted molar refractivity (Wildman–Crippen MR) is 50.1 cm³/mol. The third-order valence-electron chi connectivity index (χ3n) is 1.17. The molecule has 0 aliphatic heterocycles. The molecule has 0 radical (unpaired) electrons. The van der Waals surface area contributed by atoms with Crippen molar-refractivity contribution in [3.63, 3.8) is 0 Å². The molecule has 0 saturated heterocycles. The van der Waals surface area contributed by atoms with E-state index in [0.29, 0.717) is 13.2 Å². The molecule has 2 nitrogen and oxygen atoms in total. The lowest BCUT2D eigenvalue weighted by Gasteiger charge is -2.08. The molecule has 1 N–H and O–H groups in total. The average molecular weight is 178 g/mol. The summed E-state index contributed by atoms with van der Waals surface area (Å²) in [5.74, 6) is 1.93. The summed E-state index contributed by atoms with van der Waals surface area (Å²) >= 11 is 1.78. The average Bonchev–Trinajstić information content (AvgIpc) is 2.01. The van der Waals surface area contributed by atoms with Crippen molar-refractivity contribution in [3.05, 3.63) is 0 Å². The predicted octanol–water partition coefficient (Wildman–Crippen LogP) is 1.53. The van der Waals surface area contributed by atoms with Crippen LogP contribution in [0.25, 0.3) is 0 Å². The minimum atomic E-state index is -0.286. The molecule has 0 spiro atoms. The van der Waals surface area contributed by atoms with Crippen LogP contribution in [0.5, 0.6) is 0 Å². The fourth-order valence-corrected chi connectivity index (χ4v) is 1.49. The molecular formula is C8H18O2S. The molecule has 0 fully saturated rings. The first-order chi connectivity index (χ1) is 5.31. The van der Waals surface area contributed by atoms with E-state index < -0.39 is 0 Å². The number of rotatable bonds is 7. The molecule has 0 aromatic heterocycles. The van der Waals surface area contributed by atoms with Gasteiger partial charge in [-0.05, 0) is 19.1 Å². The summed E-state index contributed by atoms with van der Waals surface area (Å²) in [4.78, 5) is 0. The Morgan fingerprint density at radius 2 is 2.18 bits per heavy atom. The number of hydrogen-bond acceptors (Lipinski definition) is 3. The van der Waals surface area contributed by atoms with Gasteiger partial charge in [-0.15, -0.1) is 0 Å². The van der Waals surface area contributed by atoms with Gasteiger partial charge in [-0.25, -0.2) is 0 Å². The Morgan fingerprint density at radius 3 is 2.73 bits per heavy atom. The van der Waals surface area contributed by atoms with Crippen molar-refractivity contribution in [2.75, 3.05) is 24.7 Å². The SMILES string of the molecule is CCCSCC(O)COCC. The summed E-state index contributed by atoms with van der Waals surface area (Å²) in [7, 11) is 0. The Morgan fingerprint density at radius 1 is 1.45 bits per heavy atom. The molecule has 0 aromatic carbocycles. The maximum absolute atomic E-state index is 9.26. The Labute approximate surface area is 73.3 Å². The van der Waals surface area contributed by atoms with Crippen molar-refractivity contribution in [2.24, 2.45) is 0 Å². The lowest BCUT2D eigenvalue weighted by molar-refractivity contribution is 0.0551. The second-order valence-corrected chi connectivity index (χ2v) is 3.54. The van der Waals surface area contributed by atoms with Crippen LogP contribution >= 0.6 is 11.8 Å². The zero-order valence-corrected chi connectivity index (χ0v) is 8.19. The van der Waals surface area contributed by atoms with Crippen molar-refractivity contribution >= 4 is 11.8 Å². The van der Waals surface area contributed by atoms with Crippen molar-refractivity contribution < 1.29 is 9.84 Å². The molecule has 1 atom stereocenters. The molecule has 0 amide bonds. The highest BCUT2D eigenvalue weighted by atomic mass is 32.2. The molecular weight excluding hydrogens is 160 g/mol. The van der Waals surface area contributed by atoms with E-state index in [1.54, 1.807) is 11.8 Å². The third-order valence-corrected chi connectivity index (χ3v) is 2.49. The van der Waals surface area contributed by atoms with E-state index in [0.717, 1.165) is 11.5 Å². The second kappa shape index (κ2) is 8.37. The van der Waals surface area contributed by atoms with Crippen LogP contribution in [0.2, 0.25) is 0 Å². The van der Waals surface area contributed by atoms with Gasteiger partial charge in [0.2, 0.25) is 0 Å². The lowest BCUT2D eigenvalue weighted by atomic mass is 10.4. The number of thioether (sulfide) groups is 1. The normalized spacial score (nSPS) is 13.4. The fraction of sp³-hybridized carbons (Fsp3) is 1.00. The highest BCUT2D eigenvalue weighted by molar-refractivity contribution is 7.99. The highest BCUT2D eigenvalue weighted by Gasteiger charge is 2.02. The lowest BCUT2D eigenvalue weighted by Crippen LogP contribution is -2.18. The maximum atomic E-state index is 9.26. The van der Waals surface area contributed by atoms with Gasteiger partial charge in [0, 0.05) is 12.4 Å². The van der Waals surface area contributed by atoms with Gasteiger partial charge < -0.3 is 9.84 Å². The van der Waals surface area contributed by atoms with Crippen LogP contribution < -0.4 is 0 Å². The van der Waals surface area contributed by atoms with Crippen molar-refractivity contribution in [1.82, 2.24) is 0 Å². The molecule has 0 aliphatic rings.